The molecule has 35 heavy (non-hydrogen) atoms. The van der Waals surface area contributed by atoms with E-state index in [-0.39, 0.29) is 42.5 Å². The minimum absolute atomic E-state index is 0.0565. The first-order valence-corrected chi connectivity index (χ1v) is 12.4. The van der Waals surface area contributed by atoms with E-state index in [9.17, 15) is 19.2 Å². The van der Waals surface area contributed by atoms with Gasteiger partial charge in [0.25, 0.3) is 0 Å². The molecule has 2 saturated heterocycles. The number of rotatable bonds is 4. The van der Waals surface area contributed by atoms with E-state index >= 15 is 0 Å². The second-order valence-electron chi connectivity index (χ2n) is 9.72. The van der Waals surface area contributed by atoms with Crippen LogP contribution in [-0.4, -0.2) is 30.2 Å². The summed E-state index contributed by atoms with van der Waals surface area (Å²) in [6.07, 6.45) is 3.51. The van der Waals surface area contributed by atoms with Crippen LogP contribution >= 0.6 is 11.6 Å². The summed E-state index contributed by atoms with van der Waals surface area (Å²) in [7, 11) is 0. The highest BCUT2D eigenvalue weighted by Gasteiger charge is 2.49. The lowest BCUT2D eigenvalue weighted by Crippen LogP contribution is -2.31. The second-order valence-corrected chi connectivity index (χ2v) is 10.1. The minimum atomic E-state index is -0.604. The van der Waals surface area contributed by atoms with Crippen LogP contribution in [0.1, 0.15) is 43.2 Å². The number of carbonyl (C=O) groups excluding carboxylic acids is 4. The van der Waals surface area contributed by atoms with Gasteiger partial charge in [0.1, 0.15) is 5.75 Å². The quantitative estimate of drug-likeness (QED) is 0.352. The third-order valence-electron chi connectivity index (χ3n) is 7.39. The Morgan fingerprint density at radius 2 is 1.63 bits per heavy atom. The molecular formula is C27H27ClN2O5. The zero-order chi connectivity index (χ0) is 24.9. The fourth-order valence-corrected chi connectivity index (χ4v) is 5.58. The maximum atomic E-state index is 12.9. The third kappa shape index (κ3) is 4.22. The van der Waals surface area contributed by atoms with Gasteiger partial charge in [-0.2, -0.15) is 0 Å². The first-order chi connectivity index (χ1) is 16.7. The number of amides is 3. The standard InChI is InChI=1S/C27H27ClN2O5/c1-15-7-8-18(13-22(15)28)29-14-17(12-24(29)31)27(34)35-19-9-10-23(16(2)11-19)30-25(32)20-5-3-4-6-21(20)26(30)33/h7-11,13,17,20-21H,3-6,12,14H2,1-2H3/t17-,20-,21+/m0/s1. The molecule has 1 saturated carbocycles. The molecule has 2 aliphatic heterocycles. The number of aryl methyl sites for hydroxylation is 2. The van der Waals surface area contributed by atoms with Gasteiger partial charge in [0.2, 0.25) is 17.7 Å². The summed E-state index contributed by atoms with van der Waals surface area (Å²) in [5.74, 6) is -1.65. The number of ether oxygens (including phenoxy) is 1. The van der Waals surface area contributed by atoms with Gasteiger partial charge in [0.05, 0.1) is 23.4 Å². The predicted octanol–water partition coefficient (Wildman–Crippen LogP) is 4.59. The largest absolute Gasteiger partial charge is 0.426 e. The highest BCUT2D eigenvalue weighted by atomic mass is 35.5. The van der Waals surface area contributed by atoms with E-state index in [1.54, 1.807) is 36.1 Å². The topological polar surface area (TPSA) is 84.0 Å². The van der Waals surface area contributed by atoms with E-state index in [2.05, 4.69) is 0 Å². The molecule has 3 amide bonds. The number of esters is 1. The maximum Gasteiger partial charge on any atom is 0.316 e. The lowest BCUT2D eigenvalue weighted by molar-refractivity contribution is -0.139. The molecule has 8 heteroatoms. The molecule has 0 spiro atoms. The molecule has 0 N–H and O–H groups in total. The van der Waals surface area contributed by atoms with Gasteiger partial charge in [0.15, 0.2) is 0 Å². The molecule has 3 fully saturated rings. The summed E-state index contributed by atoms with van der Waals surface area (Å²) in [5, 5.41) is 0.561. The Hall–Kier alpha value is -3.19. The monoisotopic (exact) mass is 494 g/mol. The average molecular weight is 495 g/mol. The molecule has 3 atom stereocenters. The molecule has 1 aliphatic carbocycles. The summed E-state index contributed by atoms with van der Waals surface area (Å²) in [4.78, 5) is 54.1. The lowest BCUT2D eigenvalue weighted by atomic mass is 9.81. The number of halogens is 1. The molecule has 3 aliphatic rings. The van der Waals surface area contributed by atoms with Crippen LogP contribution in [0, 0.1) is 31.6 Å². The van der Waals surface area contributed by atoms with Crippen molar-refractivity contribution in [2.24, 2.45) is 17.8 Å². The first kappa shape index (κ1) is 23.5. The molecule has 182 valence electrons. The zero-order valence-electron chi connectivity index (χ0n) is 19.8. The van der Waals surface area contributed by atoms with Crippen LogP contribution in [0.3, 0.4) is 0 Å². The van der Waals surface area contributed by atoms with E-state index in [1.807, 2.05) is 19.1 Å². The van der Waals surface area contributed by atoms with E-state index < -0.39 is 11.9 Å². The molecule has 0 bridgehead atoms. The molecule has 2 heterocycles. The van der Waals surface area contributed by atoms with Crippen molar-refractivity contribution in [2.45, 2.75) is 46.0 Å². The maximum absolute atomic E-state index is 12.9. The number of anilines is 2. The van der Waals surface area contributed by atoms with Crippen LogP contribution in [0.4, 0.5) is 11.4 Å². The summed E-state index contributed by atoms with van der Waals surface area (Å²) < 4.78 is 5.59. The van der Waals surface area contributed by atoms with Gasteiger partial charge in [0, 0.05) is 23.7 Å². The summed E-state index contributed by atoms with van der Waals surface area (Å²) in [6.45, 7) is 3.89. The third-order valence-corrected chi connectivity index (χ3v) is 7.80. The summed E-state index contributed by atoms with van der Waals surface area (Å²) in [6, 6.07) is 10.3. The fourth-order valence-electron chi connectivity index (χ4n) is 5.41. The van der Waals surface area contributed by atoms with Crippen molar-refractivity contribution in [3.8, 4) is 5.75 Å². The SMILES string of the molecule is Cc1ccc(N2C[C@@H](C(=O)Oc3ccc(N4C(=O)[C@H]5CCCC[C@H]5C4=O)c(C)c3)CC2=O)cc1Cl. The smallest absolute Gasteiger partial charge is 0.316 e. The summed E-state index contributed by atoms with van der Waals surface area (Å²) in [5.41, 5.74) is 2.77. The van der Waals surface area contributed by atoms with Crippen LogP contribution < -0.4 is 14.5 Å². The van der Waals surface area contributed by atoms with Crippen LogP contribution in [-0.2, 0) is 19.2 Å². The van der Waals surface area contributed by atoms with E-state index in [0.717, 1.165) is 31.2 Å². The van der Waals surface area contributed by atoms with Crippen LogP contribution in [0.2, 0.25) is 5.02 Å². The Labute approximate surface area is 209 Å². The first-order valence-electron chi connectivity index (χ1n) is 12.0. The lowest BCUT2D eigenvalue weighted by Gasteiger charge is -2.19. The number of hydrogen-bond donors (Lipinski definition) is 0. The fraction of sp³-hybridized carbons (Fsp3) is 0.407. The van der Waals surface area contributed by atoms with E-state index in [4.69, 9.17) is 16.3 Å². The number of fused-ring (bicyclic) bond motifs is 1. The number of benzene rings is 2. The Kier molecular flexibility index (Phi) is 6.13. The Balaban J connectivity index is 1.28. The molecule has 2 aromatic carbocycles. The van der Waals surface area contributed by atoms with Crippen molar-refractivity contribution in [1.82, 2.24) is 0 Å². The van der Waals surface area contributed by atoms with Crippen molar-refractivity contribution >= 4 is 46.7 Å². The van der Waals surface area contributed by atoms with Gasteiger partial charge in [-0.3, -0.25) is 19.2 Å². The highest BCUT2D eigenvalue weighted by Crippen LogP contribution is 2.41. The molecule has 5 rings (SSSR count). The molecular weight excluding hydrogens is 468 g/mol. The Bertz CT molecular complexity index is 1220. The van der Waals surface area contributed by atoms with Gasteiger partial charge >= 0.3 is 5.97 Å². The Morgan fingerprint density at radius 3 is 2.26 bits per heavy atom. The highest BCUT2D eigenvalue weighted by molar-refractivity contribution is 6.31. The molecule has 0 aromatic heterocycles. The van der Waals surface area contributed by atoms with Crippen LogP contribution in [0.5, 0.6) is 5.75 Å². The van der Waals surface area contributed by atoms with Crippen molar-refractivity contribution in [1.29, 1.82) is 0 Å². The van der Waals surface area contributed by atoms with Gasteiger partial charge in [-0.1, -0.05) is 30.5 Å². The van der Waals surface area contributed by atoms with Crippen molar-refractivity contribution in [3.63, 3.8) is 0 Å². The van der Waals surface area contributed by atoms with Crippen LogP contribution in [0.25, 0.3) is 0 Å². The van der Waals surface area contributed by atoms with Gasteiger partial charge in [-0.05, 0) is 68.1 Å². The van der Waals surface area contributed by atoms with Gasteiger partial charge in [-0.25, -0.2) is 4.90 Å². The van der Waals surface area contributed by atoms with Gasteiger partial charge < -0.3 is 9.64 Å². The second kappa shape index (κ2) is 9.11. The molecule has 7 nitrogen and oxygen atoms in total. The van der Waals surface area contributed by atoms with Crippen molar-refractivity contribution in [3.05, 3.63) is 52.5 Å². The van der Waals surface area contributed by atoms with E-state index in [0.29, 0.717) is 27.7 Å². The van der Waals surface area contributed by atoms with Crippen molar-refractivity contribution < 1.29 is 23.9 Å². The number of hydrogen-bond acceptors (Lipinski definition) is 5. The van der Waals surface area contributed by atoms with Gasteiger partial charge in [-0.15, -0.1) is 0 Å². The van der Waals surface area contributed by atoms with E-state index in [1.165, 1.54) is 4.90 Å². The minimum Gasteiger partial charge on any atom is -0.426 e. The normalized spacial score (nSPS) is 24.2. The number of carbonyl (C=O) groups is 4. The summed E-state index contributed by atoms with van der Waals surface area (Å²) >= 11 is 6.20. The predicted molar refractivity (Wildman–Crippen MR) is 131 cm³/mol. The van der Waals surface area contributed by atoms with Crippen molar-refractivity contribution in [2.75, 3.05) is 16.3 Å². The number of imide groups is 1. The zero-order valence-corrected chi connectivity index (χ0v) is 20.5. The number of nitrogens with zero attached hydrogens (tertiary/aromatic N) is 2. The molecule has 2 aromatic rings. The van der Waals surface area contributed by atoms with Crippen LogP contribution in [0.15, 0.2) is 36.4 Å². The molecule has 0 radical (unpaired) electrons. The average Bonchev–Trinajstić information content (AvgIpc) is 3.34. The molecule has 0 unspecified atom stereocenters. The Morgan fingerprint density at radius 1 is 0.943 bits per heavy atom.